The average Bonchev–Trinajstić information content (AvgIpc) is 2.47. The number of pyridine rings is 1. The largest absolute Gasteiger partial charge is 0.294 e. The second-order valence-electron chi connectivity index (χ2n) is 2.34. The lowest BCUT2D eigenvalue weighted by atomic mass is 10.3. The summed E-state index contributed by atoms with van der Waals surface area (Å²) in [6, 6.07) is 5.55. The monoisotopic (exact) mass is 221 g/mol. The molecule has 0 atom stereocenters. The van der Waals surface area contributed by atoms with E-state index in [2.05, 4.69) is 27.0 Å². The molecular formula is C8H4BrN3. The summed E-state index contributed by atoms with van der Waals surface area (Å²) in [7, 11) is 0. The summed E-state index contributed by atoms with van der Waals surface area (Å²) in [6.07, 6.45) is 3.52. The fourth-order valence-corrected chi connectivity index (χ4v) is 1.42. The van der Waals surface area contributed by atoms with Crippen LogP contribution in [0, 0.1) is 11.3 Å². The first-order valence-electron chi connectivity index (χ1n) is 3.34. The third kappa shape index (κ3) is 0.990. The summed E-state index contributed by atoms with van der Waals surface area (Å²) in [6.45, 7) is 0. The second kappa shape index (κ2) is 2.61. The standard InChI is InChI=1S/C8H4BrN3/c9-7-5-11-8-3-6(4-10)1-2-12(7)8/h1-3,5H. The molecule has 0 aromatic carbocycles. The first-order chi connectivity index (χ1) is 5.81. The minimum absolute atomic E-state index is 0.626. The third-order valence-corrected chi connectivity index (χ3v) is 2.18. The average molecular weight is 222 g/mol. The van der Waals surface area contributed by atoms with Gasteiger partial charge in [0.05, 0.1) is 17.8 Å². The van der Waals surface area contributed by atoms with Crippen LogP contribution >= 0.6 is 15.9 Å². The van der Waals surface area contributed by atoms with Crippen molar-refractivity contribution in [2.24, 2.45) is 0 Å². The zero-order valence-electron chi connectivity index (χ0n) is 6.03. The third-order valence-electron chi connectivity index (χ3n) is 1.60. The Labute approximate surface area is 77.4 Å². The molecule has 0 fully saturated rings. The van der Waals surface area contributed by atoms with Gasteiger partial charge in [-0.3, -0.25) is 4.40 Å². The molecule has 2 aromatic rings. The summed E-state index contributed by atoms with van der Waals surface area (Å²) in [5.74, 6) is 0. The Morgan fingerprint density at radius 1 is 1.58 bits per heavy atom. The first kappa shape index (κ1) is 7.32. The van der Waals surface area contributed by atoms with Crippen LogP contribution in [0.25, 0.3) is 5.65 Å². The van der Waals surface area contributed by atoms with Gasteiger partial charge in [0.15, 0.2) is 0 Å². The minimum Gasteiger partial charge on any atom is -0.294 e. The molecule has 2 aromatic heterocycles. The van der Waals surface area contributed by atoms with E-state index in [1.54, 1.807) is 18.3 Å². The van der Waals surface area contributed by atoms with Gasteiger partial charge in [-0.1, -0.05) is 0 Å². The van der Waals surface area contributed by atoms with Crippen LogP contribution in [0.4, 0.5) is 0 Å². The van der Waals surface area contributed by atoms with E-state index in [1.807, 2.05) is 10.6 Å². The predicted molar refractivity (Wildman–Crippen MR) is 47.6 cm³/mol. The van der Waals surface area contributed by atoms with Crippen molar-refractivity contribution in [1.29, 1.82) is 5.26 Å². The smallest absolute Gasteiger partial charge is 0.138 e. The van der Waals surface area contributed by atoms with Gasteiger partial charge >= 0.3 is 0 Å². The number of hydrogen-bond donors (Lipinski definition) is 0. The van der Waals surface area contributed by atoms with Crippen molar-refractivity contribution in [1.82, 2.24) is 9.38 Å². The lowest BCUT2D eigenvalue weighted by Crippen LogP contribution is -1.84. The number of imidazole rings is 1. The summed E-state index contributed by atoms with van der Waals surface area (Å²) >= 11 is 3.33. The number of fused-ring (bicyclic) bond motifs is 1. The van der Waals surface area contributed by atoms with Crippen molar-refractivity contribution < 1.29 is 0 Å². The number of aromatic nitrogens is 2. The van der Waals surface area contributed by atoms with E-state index < -0.39 is 0 Å². The maximum Gasteiger partial charge on any atom is 0.138 e. The SMILES string of the molecule is N#Cc1ccn2c(Br)cnc2c1. The molecule has 0 radical (unpaired) electrons. The van der Waals surface area contributed by atoms with Crippen molar-refractivity contribution in [3.8, 4) is 6.07 Å². The summed E-state index contributed by atoms with van der Waals surface area (Å²) in [4.78, 5) is 4.09. The molecule has 4 heteroatoms. The molecule has 3 nitrogen and oxygen atoms in total. The molecule has 0 unspecified atom stereocenters. The number of nitrogens with zero attached hydrogens (tertiary/aromatic N) is 3. The Kier molecular flexibility index (Phi) is 1.59. The first-order valence-corrected chi connectivity index (χ1v) is 4.13. The molecule has 0 aliphatic rings. The van der Waals surface area contributed by atoms with Gasteiger partial charge in [0.25, 0.3) is 0 Å². The zero-order chi connectivity index (χ0) is 8.55. The summed E-state index contributed by atoms with van der Waals surface area (Å²) in [5.41, 5.74) is 1.40. The van der Waals surface area contributed by atoms with Crippen molar-refractivity contribution in [3.05, 3.63) is 34.7 Å². The summed E-state index contributed by atoms with van der Waals surface area (Å²) < 4.78 is 2.75. The Balaban J connectivity index is 2.80. The molecule has 12 heavy (non-hydrogen) atoms. The van der Waals surface area contributed by atoms with E-state index in [-0.39, 0.29) is 0 Å². The molecule has 2 rings (SSSR count). The molecule has 0 amide bonds. The maximum atomic E-state index is 8.61. The fourth-order valence-electron chi connectivity index (χ4n) is 1.02. The Morgan fingerprint density at radius 3 is 3.17 bits per heavy atom. The fraction of sp³-hybridized carbons (Fsp3) is 0. The van der Waals surface area contributed by atoms with E-state index in [0.717, 1.165) is 10.3 Å². The van der Waals surface area contributed by atoms with Gasteiger partial charge in [0, 0.05) is 6.20 Å². The highest BCUT2D eigenvalue weighted by atomic mass is 79.9. The van der Waals surface area contributed by atoms with Crippen molar-refractivity contribution in [2.75, 3.05) is 0 Å². The normalized spacial score (nSPS) is 10.0. The molecule has 0 saturated carbocycles. The highest BCUT2D eigenvalue weighted by Crippen LogP contribution is 2.13. The second-order valence-corrected chi connectivity index (χ2v) is 3.15. The van der Waals surface area contributed by atoms with Crippen molar-refractivity contribution in [2.45, 2.75) is 0 Å². The van der Waals surface area contributed by atoms with Crippen LogP contribution in [-0.2, 0) is 0 Å². The molecule has 0 N–H and O–H groups in total. The zero-order valence-corrected chi connectivity index (χ0v) is 7.62. The van der Waals surface area contributed by atoms with Gasteiger partial charge in [-0.15, -0.1) is 0 Å². The Morgan fingerprint density at radius 2 is 2.42 bits per heavy atom. The lowest BCUT2D eigenvalue weighted by Gasteiger charge is -1.93. The molecule has 58 valence electrons. The van der Waals surface area contributed by atoms with Crippen LogP contribution in [0.2, 0.25) is 0 Å². The molecular weight excluding hydrogens is 218 g/mol. The van der Waals surface area contributed by atoms with Crippen LogP contribution in [0.5, 0.6) is 0 Å². The van der Waals surface area contributed by atoms with Gasteiger partial charge in [-0.2, -0.15) is 5.26 Å². The minimum atomic E-state index is 0.626. The number of rotatable bonds is 0. The van der Waals surface area contributed by atoms with Gasteiger partial charge in [0.1, 0.15) is 10.3 Å². The van der Waals surface area contributed by atoms with E-state index >= 15 is 0 Å². The van der Waals surface area contributed by atoms with Gasteiger partial charge < -0.3 is 0 Å². The lowest BCUT2D eigenvalue weighted by molar-refractivity contribution is 1.15. The van der Waals surface area contributed by atoms with Gasteiger partial charge in [0.2, 0.25) is 0 Å². The molecule has 0 saturated heterocycles. The highest BCUT2D eigenvalue weighted by molar-refractivity contribution is 9.10. The topological polar surface area (TPSA) is 41.1 Å². The number of halogens is 1. The van der Waals surface area contributed by atoms with Crippen molar-refractivity contribution >= 4 is 21.6 Å². The Hall–Kier alpha value is -1.34. The van der Waals surface area contributed by atoms with Crippen LogP contribution < -0.4 is 0 Å². The molecule has 0 spiro atoms. The van der Waals surface area contributed by atoms with Crippen LogP contribution in [0.1, 0.15) is 5.56 Å². The van der Waals surface area contributed by atoms with Gasteiger partial charge in [-0.05, 0) is 28.1 Å². The molecule has 2 heterocycles. The summed E-state index contributed by atoms with van der Waals surface area (Å²) in [5, 5.41) is 8.61. The van der Waals surface area contributed by atoms with Crippen LogP contribution in [-0.4, -0.2) is 9.38 Å². The highest BCUT2D eigenvalue weighted by Gasteiger charge is 1.99. The van der Waals surface area contributed by atoms with Crippen LogP contribution in [0.3, 0.4) is 0 Å². The predicted octanol–water partition coefficient (Wildman–Crippen LogP) is 1.97. The van der Waals surface area contributed by atoms with E-state index in [1.165, 1.54) is 0 Å². The number of nitriles is 1. The molecule has 0 aliphatic carbocycles. The molecule has 0 bridgehead atoms. The maximum absolute atomic E-state index is 8.61. The number of hydrogen-bond acceptors (Lipinski definition) is 2. The molecule has 0 aliphatic heterocycles. The van der Waals surface area contributed by atoms with E-state index in [9.17, 15) is 0 Å². The van der Waals surface area contributed by atoms with Crippen LogP contribution in [0.15, 0.2) is 29.1 Å². The Bertz CT molecular complexity index is 467. The van der Waals surface area contributed by atoms with Gasteiger partial charge in [-0.25, -0.2) is 4.98 Å². The van der Waals surface area contributed by atoms with E-state index in [0.29, 0.717) is 5.56 Å². The van der Waals surface area contributed by atoms with Crippen molar-refractivity contribution in [3.63, 3.8) is 0 Å². The quantitative estimate of drug-likeness (QED) is 0.683. The van der Waals surface area contributed by atoms with E-state index in [4.69, 9.17) is 5.26 Å².